The number of nitrogen functional groups attached to an aromatic ring is 1. The second-order valence-corrected chi connectivity index (χ2v) is 9.60. The van der Waals surface area contributed by atoms with Crippen molar-refractivity contribution in [3.05, 3.63) is 64.1 Å². The summed E-state index contributed by atoms with van der Waals surface area (Å²) in [6, 6.07) is 8.63. The molecule has 3 aromatic rings. The minimum Gasteiger partial charge on any atom is -0.368 e. The first-order valence-corrected chi connectivity index (χ1v) is 10.4. The molecule has 0 saturated carbocycles. The van der Waals surface area contributed by atoms with Crippen LogP contribution in [-0.4, -0.2) is 22.6 Å². The Kier molecular flexibility index (Phi) is 5.24. The summed E-state index contributed by atoms with van der Waals surface area (Å²) in [4.78, 5) is 4.54. The average Bonchev–Trinajstić information content (AvgIpc) is 2.94. The molecular weight excluding hydrogens is 404 g/mol. The number of hydrogen-bond donors (Lipinski definition) is 2. The minimum atomic E-state index is -3.77. The fourth-order valence-corrected chi connectivity index (χ4v) is 4.36. The molecule has 2 N–H and O–H groups in total. The maximum Gasteiger partial charge on any atom is 0.244 e. The molecule has 9 heteroatoms. The molecule has 5 nitrogen and oxygen atoms in total. The van der Waals surface area contributed by atoms with Gasteiger partial charge < -0.3 is 5.73 Å². The van der Waals surface area contributed by atoms with Crippen molar-refractivity contribution < 1.29 is 17.2 Å². The highest BCUT2D eigenvalue weighted by Gasteiger charge is 2.25. The third-order valence-electron chi connectivity index (χ3n) is 4.36. The van der Waals surface area contributed by atoms with Crippen molar-refractivity contribution in [1.29, 1.82) is 0 Å². The molecular formula is C19H19F2N3O2S2. The Morgan fingerprint density at radius 1 is 1.21 bits per heavy atom. The number of thiol groups is 1. The Labute approximate surface area is 167 Å². The molecule has 28 heavy (non-hydrogen) atoms. The van der Waals surface area contributed by atoms with Crippen LogP contribution in [0.1, 0.15) is 31.9 Å². The summed E-state index contributed by atoms with van der Waals surface area (Å²) < 4.78 is 54.6. The van der Waals surface area contributed by atoms with Gasteiger partial charge in [-0.3, -0.25) is 0 Å². The number of benzene rings is 2. The van der Waals surface area contributed by atoms with E-state index in [1.807, 2.05) is 0 Å². The highest BCUT2D eigenvalue weighted by Crippen LogP contribution is 2.33. The summed E-state index contributed by atoms with van der Waals surface area (Å²) in [5, 5.41) is -0.724. The molecule has 0 spiro atoms. The lowest BCUT2D eigenvalue weighted by Crippen LogP contribution is -2.23. The van der Waals surface area contributed by atoms with Gasteiger partial charge in [-0.05, 0) is 49.4 Å². The molecule has 0 bridgehead atoms. The molecule has 0 aliphatic heterocycles. The van der Waals surface area contributed by atoms with Crippen molar-refractivity contribution in [1.82, 2.24) is 8.96 Å². The van der Waals surface area contributed by atoms with Gasteiger partial charge in [0.25, 0.3) is 0 Å². The van der Waals surface area contributed by atoms with Crippen LogP contribution in [0.5, 0.6) is 0 Å². The van der Waals surface area contributed by atoms with E-state index in [9.17, 15) is 17.2 Å². The molecule has 2 aromatic carbocycles. The lowest BCUT2D eigenvalue weighted by molar-refractivity contribution is 0.506. The first kappa shape index (κ1) is 20.3. The number of nitrogens with zero attached hydrogens (tertiary/aromatic N) is 2. The van der Waals surface area contributed by atoms with Crippen LogP contribution in [0.4, 0.5) is 14.7 Å². The molecule has 0 aliphatic carbocycles. The number of fused-ring (bicyclic) bond motifs is 1. The van der Waals surface area contributed by atoms with Gasteiger partial charge in [0.15, 0.2) is 11.6 Å². The number of halogens is 2. The fraction of sp³-hybridized carbons (Fsp3) is 0.211. The van der Waals surface area contributed by atoms with Crippen molar-refractivity contribution in [2.75, 3.05) is 5.73 Å². The summed E-state index contributed by atoms with van der Waals surface area (Å²) in [5.74, 6) is -2.15. The van der Waals surface area contributed by atoms with E-state index in [1.54, 1.807) is 19.1 Å². The van der Waals surface area contributed by atoms with Gasteiger partial charge in [0.2, 0.25) is 16.0 Å². The highest BCUT2D eigenvalue weighted by molar-refractivity contribution is 7.90. The van der Waals surface area contributed by atoms with E-state index in [2.05, 4.69) is 17.6 Å². The number of rotatable bonds is 4. The Hall–Kier alpha value is -2.39. The van der Waals surface area contributed by atoms with Gasteiger partial charge in [0, 0.05) is 11.1 Å². The minimum absolute atomic E-state index is 0.0256. The van der Waals surface area contributed by atoms with E-state index in [0.717, 1.165) is 10.0 Å². The van der Waals surface area contributed by atoms with Crippen molar-refractivity contribution in [3.63, 3.8) is 0 Å². The van der Waals surface area contributed by atoms with Crippen LogP contribution in [0.25, 0.3) is 16.6 Å². The second kappa shape index (κ2) is 7.21. The van der Waals surface area contributed by atoms with Gasteiger partial charge in [0.1, 0.15) is 0 Å². The number of imidazole rings is 1. The summed E-state index contributed by atoms with van der Waals surface area (Å²) in [6.45, 7) is 4.72. The van der Waals surface area contributed by atoms with E-state index in [-0.39, 0.29) is 17.0 Å². The zero-order valence-corrected chi connectivity index (χ0v) is 17.2. The van der Waals surface area contributed by atoms with Gasteiger partial charge in [-0.1, -0.05) is 18.2 Å². The number of nitrogens with two attached hydrogens (primary N) is 1. The lowest BCUT2D eigenvalue weighted by atomic mass is 9.96. The third kappa shape index (κ3) is 3.29. The maximum atomic E-state index is 14.4. The summed E-state index contributed by atoms with van der Waals surface area (Å²) in [7, 11) is -3.77. The predicted molar refractivity (Wildman–Crippen MR) is 111 cm³/mol. The van der Waals surface area contributed by atoms with Gasteiger partial charge in [-0.2, -0.15) is 0 Å². The van der Waals surface area contributed by atoms with E-state index in [0.29, 0.717) is 21.6 Å². The van der Waals surface area contributed by atoms with Crippen LogP contribution < -0.4 is 5.73 Å². The van der Waals surface area contributed by atoms with E-state index in [1.165, 1.54) is 32.0 Å². The zero-order valence-electron chi connectivity index (χ0n) is 15.4. The molecule has 1 heterocycles. The zero-order chi connectivity index (χ0) is 20.8. The highest BCUT2D eigenvalue weighted by atomic mass is 32.2. The van der Waals surface area contributed by atoms with Gasteiger partial charge in [0.05, 0.1) is 16.3 Å². The van der Waals surface area contributed by atoms with E-state index >= 15 is 0 Å². The van der Waals surface area contributed by atoms with Gasteiger partial charge >= 0.3 is 0 Å². The lowest BCUT2D eigenvalue weighted by Gasteiger charge is -2.14. The third-order valence-corrected chi connectivity index (χ3v) is 6.67. The molecule has 0 radical (unpaired) electrons. The monoisotopic (exact) mass is 423 g/mol. The van der Waals surface area contributed by atoms with Crippen LogP contribution in [0.2, 0.25) is 0 Å². The van der Waals surface area contributed by atoms with Gasteiger partial charge in [-0.25, -0.2) is 26.2 Å². The molecule has 1 aromatic heterocycles. The number of allylic oxidation sites excluding steroid dienone is 1. The number of aromatic nitrogens is 2. The van der Waals surface area contributed by atoms with Crippen LogP contribution in [0.15, 0.2) is 41.3 Å². The first-order valence-electron chi connectivity index (χ1n) is 8.42. The maximum absolute atomic E-state index is 14.4. The quantitative estimate of drug-likeness (QED) is 0.617. The molecule has 0 amide bonds. The summed E-state index contributed by atoms with van der Waals surface area (Å²) >= 11 is 4.34. The summed E-state index contributed by atoms with van der Waals surface area (Å²) in [5.41, 5.74) is 7.32. The Morgan fingerprint density at radius 3 is 2.50 bits per heavy atom. The van der Waals surface area contributed by atoms with Crippen LogP contribution in [-0.2, 0) is 10.0 Å². The molecule has 148 valence electrons. The van der Waals surface area contributed by atoms with Gasteiger partial charge in [-0.15, -0.1) is 12.6 Å². The molecule has 0 fully saturated rings. The number of hydrogen-bond acceptors (Lipinski definition) is 5. The average molecular weight is 424 g/mol. The Bertz CT molecular complexity index is 1210. The molecule has 0 atom stereocenters. The van der Waals surface area contributed by atoms with Crippen LogP contribution in [0, 0.1) is 11.6 Å². The Balaban J connectivity index is 2.32. The fourth-order valence-electron chi connectivity index (χ4n) is 2.96. The van der Waals surface area contributed by atoms with Crippen LogP contribution >= 0.6 is 12.6 Å². The predicted octanol–water partition coefficient (Wildman–Crippen LogP) is 4.19. The molecule has 0 saturated heterocycles. The SMILES string of the molecule is CC(S)=C(c1ccc2nc(N)n(S(=O)(=O)C(C)C)c2c1)c1cccc(F)c1F. The van der Waals surface area contributed by atoms with Crippen molar-refractivity contribution >= 4 is 45.2 Å². The second-order valence-electron chi connectivity index (χ2n) is 6.59. The Morgan fingerprint density at radius 2 is 1.89 bits per heavy atom. The van der Waals surface area contributed by atoms with Crippen molar-refractivity contribution in [2.24, 2.45) is 0 Å². The van der Waals surface area contributed by atoms with E-state index in [4.69, 9.17) is 5.73 Å². The van der Waals surface area contributed by atoms with Crippen molar-refractivity contribution in [2.45, 2.75) is 26.0 Å². The number of anilines is 1. The molecule has 0 unspecified atom stereocenters. The summed E-state index contributed by atoms with van der Waals surface area (Å²) in [6.07, 6.45) is 0. The van der Waals surface area contributed by atoms with E-state index < -0.39 is 26.9 Å². The van der Waals surface area contributed by atoms with Crippen molar-refractivity contribution in [3.8, 4) is 0 Å². The standard InChI is InChI=1S/C19H19F2N3O2S2/c1-10(2)28(25,26)24-16-9-12(7-8-15(16)23-19(24)22)17(11(3)27)13-5-4-6-14(20)18(13)21/h4-10,27H,1-3H3,(H2,22,23). The molecule has 3 rings (SSSR count). The first-order chi connectivity index (χ1) is 13.1. The normalized spacial score (nSPS) is 13.2. The van der Waals surface area contributed by atoms with Crippen LogP contribution in [0.3, 0.4) is 0 Å². The molecule has 0 aliphatic rings. The topological polar surface area (TPSA) is 78.0 Å². The largest absolute Gasteiger partial charge is 0.368 e. The smallest absolute Gasteiger partial charge is 0.244 e.